The van der Waals surface area contributed by atoms with Crippen LogP contribution >= 0.6 is 11.6 Å². The molecule has 8 heteroatoms. The summed E-state index contributed by atoms with van der Waals surface area (Å²) in [5, 5.41) is 5.66. The number of benzene rings is 2. The zero-order valence-corrected chi connectivity index (χ0v) is 16.2. The summed E-state index contributed by atoms with van der Waals surface area (Å²) in [6.07, 6.45) is 0.465. The van der Waals surface area contributed by atoms with E-state index < -0.39 is 23.8 Å². The zero-order chi connectivity index (χ0) is 20.8. The Labute approximate surface area is 171 Å². The molecule has 29 heavy (non-hydrogen) atoms. The van der Waals surface area contributed by atoms with Crippen LogP contribution in [0.5, 0.6) is 0 Å². The maximum Gasteiger partial charge on any atom is 0.341 e. The third-order valence-electron chi connectivity index (χ3n) is 4.02. The molecular formula is C21H18ClFN2O4. The van der Waals surface area contributed by atoms with E-state index in [0.29, 0.717) is 18.0 Å². The van der Waals surface area contributed by atoms with Crippen molar-refractivity contribution in [2.24, 2.45) is 0 Å². The van der Waals surface area contributed by atoms with Crippen molar-refractivity contribution in [2.45, 2.75) is 19.6 Å². The van der Waals surface area contributed by atoms with Gasteiger partial charge in [0.05, 0.1) is 29.1 Å². The lowest BCUT2D eigenvalue weighted by Crippen LogP contribution is -2.30. The van der Waals surface area contributed by atoms with Crippen molar-refractivity contribution in [1.29, 1.82) is 0 Å². The Hall–Kier alpha value is -3.32. The third kappa shape index (κ3) is 5.36. The van der Waals surface area contributed by atoms with Gasteiger partial charge in [0.2, 0.25) is 0 Å². The molecule has 0 spiro atoms. The van der Waals surface area contributed by atoms with E-state index in [4.69, 9.17) is 20.8 Å². The molecule has 150 valence electrons. The van der Waals surface area contributed by atoms with Crippen molar-refractivity contribution in [1.82, 2.24) is 0 Å². The van der Waals surface area contributed by atoms with E-state index in [1.165, 1.54) is 19.1 Å². The van der Waals surface area contributed by atoms with Crippen molar-refractivity contribution in [3.05, 3.63) is 83.0 Å². The highest BCUT2D eigenvalue weighted by molar-refractivity contribution is 6.33. The van der Waals surface area contributed by atoms with Crippen molar-refractivity contribution >= 4 is 34.9 Å². The molecule has 0 bridgehead atoms. The topological polar surface area (TPSA) is 80.6 Å². The molecule has 1 atom stereocenters. The number of furan rings is 1. The highest BCUT2D eigenvalue weighted by Crippen LogP contribution is 2.23. The first kappa shape index (κ1) is 20.4. The molecule has 1 aromatic heterocycles. The van der Waals surface area contributed by atoms with Crippen LogP contribution in [0.2, 0.25) is 5.02 Å². The molecule has 0 unspecified atom stereocenters. The van der Waals surface area contributed by atoms with Crippen LogP contribution in [0.15, 0.2) is 65.3 Å². The van der Waals surface area contributed by atoms with Crippen LogP contribution in [0.1, 0.15) is 23.0 Å². The van der Waals surface area contributed by atoms with Crippen molar-refractivity contribution in [3.8, 4) is 0 Å². The van der Waals surface area contributed by atoms with Crippen molar-refractivity contribution in [2.75, 3.05) is 10.6 Å². The summed E-state index contributed by atoms with van der Waals surface area (Å²) >= 11 is 5.90. The smallest absolute Gasteiger partial charge is 0.341 e. The molecule has 0 saturated carbocycles. The predicted octanol–water partition coefficient (Wildman–Crippen LogP) is 4.87. The van der Waals surface area contributed by atoms with Gasteiger partial charge in [0, 0.05) is 5.69 Å². The quantitative estimate of drug-likeness (QED) is 0.537. The number of carbonyl (C=O) groups is 2. The minimum atomic E-state index is -1.10. The molecule has 0 aliphatic heterocycles. The lowest BCUT2D eigenvalue weighted by molar-refractivity contribution is -0.123. The number of rotatable bonds is 7. The zero-order valence-electron chi connectivity index (χ0n) is 15.4. The summed E-state index contributed by atoms with van der Waals surface area (Å²) in [4.78, 5) is 24.9. The van der Waals surface area contributed by atoms with Crippen LogP contribution in [0, 0.1) is 5.82 Å². The lowest BCUT2D eigenvalue weighted by Gasteiger charge is -2.16. The van der Waals surface area contributed by atoms with Crippen molar-refractivity contribution in [3.63, 3.8) is 0 Å². The van der Waals surface area contributed by atoms with Crippen LogP contribution < -0.4 is 10.6 Å². The molecule has 0 radical (unpaired) electrons. The average Bonchev–Trinajstić information content (AvgIpc) is 3.22. The first-order valence-electron chi connectivity index (χ1n) is 8.76. The van der Waals surface area contributed by atoms with Gasteiger partial charge < -0.3 is 19.8 Å². The third-order valence-corrected chi connectivity index (χ3v) is 4.33. The molecule has 2 N–H and O–H groups in total. The summed E-state index contributed by atoms with van der Waals surface area (Å²) in [6.45, 7) is 1.82. The number of halogens is 2. The van der Waals surface area contributed by atoms with Crippen LogP contribution in [-0.2, 0) is 16.1 Å². The van der Waals surface area contributed by atoms with E-state index in [0.717, 1.165) is 6.07 Å². The number of hydrogen-bond acceptors (Lipinski definition) is 5. The maximum absolute atomic E-state index is 13.1. The second-order valence-electron chi connectivity index (χ2n) is 6.14. The molecule has 3 rings (SSSR count). The van der Waals surface area contributed by atoms with Gasteiger partial charge >= 0.3 is 5.97 Å². The Morgan fingerprint density at radius 2 is 1.93 bits per heavy atom. The first-order valence-corrected chi connectivity index (χ1v) is 9.14. The summed E-state index contributed by atoms with van der Waals surface area (Å²) < 4.78 is 23.7. The number of ether oxygens (including phenoxy) is 1. The fourth-order valence-corrected chi connectivity index (χ4v) is 2.73. The van der Waals surface area contributed by atoms with E-state index in [-0.39, 0.29) is 16.3 Å². The first-order chi connectivity index (χ1) is 13.9. The molecule has 1 amide bonds. The average molecular weight is 417 g/mol. The van der Waals surface area contributed by atoms with Gasteiger partial charge in [-0.3, -0.25) is 4.79 Å². The molecular weight excluding hydrogens is 399 g/mol. The predicted molar refractivity (Wildman–Crippen MR) is 107 cm³/mol. The molecule has 0 aliphatic carbocycles. The van der Waals surface area contributed by atoms with Gasteiger partial charge in [0.1, 0.15) is 11.6 Å². The largest absolute Gasteiger partial charge is 0.467 e. The summed E-state index contributed by atoms with van der Waals surface area (Å²) in [5.74, 6) is -1.07. The van der Waals surface area contributed by atoms with Gasteiger partial charge in [-0.1, -0.05) is 23.7 Å². The Balaban J connectivity index is 1.63. The normalized spacial score (nSPS) is 11.6. The number of para-hydroxylation sites is 1. The molecule has 6 nitrogen and oxygen atoms in total. The fraction of sp³-hybridized carbons (Fsp3) is 0.143. The fourth-order valence-electron chi connectivity index (χ4n) is 2.51. The molecule has 0 fully saturated rings. The van der Waals surface area contributed by atoms with Crippen LogP contribution in [0.3, 0.4) is 0 Å². The number of esters is 1. The minimum absolute atomic E-state index is 0.0457. The number of anilines is 2. The lowest BCUT2D eigenvalue weighted by atomic mass is 10.1. The summed E-state index contributed by atoms with van der Waals surface area (Å²) in [5.41, 5.74) is 1.04. The van der Waals surface area contributed by atoms with Gasteiger partial charge in [-0.2, -0.15) is 0 Å². The van der Waals surface area contributed by atoms with Gasteiger partial charge in [-0.05, 0) is 49.4 Å². The second-order valence-corrected chi connectivity index (χ2v) is 6.55. The van der Waals surface area contributed by atoms with Crippen LogP contribution in [0.25, 0.3) is 0 Å². The Morgan fingerprint density at radius 1 is 1.14 bits per heavy atom. The number of nitrogens with one attached hydrogen (secondary N) is 2. The van der Waals surface area contributed by atoms with E-state index in [9.17, 15) is 14.0 Å². The SMILES string of the molecule is C[C@H](OC(=O)c1ccccc1NCc1ccco1)C(=O)Nc1ccc(F)cc1Cl. The van der Waals surface area contributed by atoms with Crippen molar-refractivity contribution < 1.29 is 23.1 Å². The van der Waals surface area contributed by atoms with E-state index in [1.54, 1.807) is 42.7 Å². The van der Waals surface area contributed by atoms with E-state index in [2.05, 4.69) is 10.6 Å². The minimum Gasteiger partial charge on any atom is -0.467 e. The maximum atomic E-state index is 13.1. The standard InChI is InChI=1S/C21H18ClFN2O4/c1-13(20(26)25-19-9-8-14(23)11-17(19)22)29-21(27)16-6-2-3-7-18(16)24-12-15-5-4-10-28-15/h2-11,13,24H,12H2,1H3,(H,25,26)/t13-/m0/s1. The van der Waals surface area contributed by atoms with Gasteiger partial charge in [0.25, 0.3) is 5.91 Å². The van der Waals surface area contributed by atoms with E-state index >= 15 is 0 Å². The van der Waals surface area contributed by atoms with Gasteiger partial charge in [-0.25, -0.2) is 9.18 Å². The summed E-state index contributed by atoms with van der Waals surface area (Å²) in [7, 11) is 0. The number of hydrogen-bond donors (Lipinski definition) is 2. The second kappa shape index (κ2) is 9.25. The highest BCUT2D eigenvalue weighted by Gasteiger charge is 2.21. The van der Waals surface area contributed by atoms with Gasteiger partial charge in [0.15, 0.2) is 6.10 Å². The summed E-state index contributed by atoms with van der Waals surface area (Å²) in [6, 6.07) is 13.9. The Bertz CT molecular complexity index is 1010. The Morgan fingerprint density at radius 3 is 2.66 bits per heavy atom. The molecule has 0 aliphatic rings. The van der Waals surface area contributed by atoms with Crippen LogP contribution in [-0.4, -0.2) is 18.0 Å². The Kier molecular flexibility index (Phi) is 6.51. The molecule has 2 aromatic carbocycles. The van der Waals surface area contributed by atoms with E-state index in [1.807, 2.05) is 0 Å². The van der Waals surface area contributed by atoms with Gasteiger partial charge in [-0.15, -0.1) is 0 Å². The number of amides is 1. The highest BCUT2D eigenvalue weighted by atomic mass is 35.5. The molecule has 0 saturated heterocycles. The monoisotopic (exact) mass is 416 g/mol. The molecule has 1 heterocycles. The number of carbonyl (C=O) groups excluding carboxylic acids is 2. The molecule has 3 aromatic rings. The van der Waals surface area contributed by atoms with Crippen LogP contribution in [0.4, 0.5) is 15.8 Å².